The number of hydrogen-bond acceptors (Lipinski definition) is 3. The Bertz CT molecular complexity index is 268. The van der Waals surface area contributed by atoms with Gasteiger partial charge in [0.2, 0.25) is 0 Å². The average molecular weight is 265 g/mol. The molecule has 3 nitrogen and oxygen atoms in total. The van der Waals surface area contributed by atoms with Crippen LogP contribution in [-0.2, 0) is 0 Å². The first-order valence-corrected chi connectivity index (χ1v) is 8.48. The van der Waals surface area contributed by atoms with E-state index in [9.17, 15) is 0 Å². The van der Waals surface area contributed by atoms with Gasteiger partial charge in [0.1, 0.15) is 0 Å². The van der Waals surface area contributed by atoms with Gasteiger partial charge in [0.15, 0.2) is 0 Å². The van der Waals surface area contributed by atoms with Crippen molar-refractivity contribution in [1.82, 2.24) is 15.1 Å². The molecular formula is C16H31N3. The van der Waals surface area contributed by atoms with E-state index in [1.54, 1.807) is 0 Å². The Kier molecular flexibility index (Phi) is 4.45. The number of piperidine rings is 3. The summed E-state index contributed by atoms with van der Waals surface area (Å²) in [6, 6.07) is 0.891. The summed E-state index contributed by atoms with van der Waals surface area (Å²) in [5.41, 5.74) is 0.714. The molecule has 0 amide bonds. The van der Waals surface area contributed by atoms with Gasteiger partial charge in [0.05, 0.1) is 0 Å². The second-order valence-electron chi connectivity index (χ2n) is 6.95. The predicted molar refractivity (Wildman–Crippen MR) is 80.5 cm³/mol. The van der Waals surface area contributed by atoms with Gasteiger partial charge in [0, 0.05) is 6.04 Å². The maximum absolute atomic E-state index is 3.52. The van der Waals surface area contributed by atoms with Crippen molar-refractivity contribution in [2.75, 3.05) is 45.8 Å². The highest BCUT2D eigenvalue weighted by atomic mass is 15.2. The van der Waals surface area contributed by atoms with Crippen LogP contribution < -0.4 is 5.32 Å². The summed E-state index contributed by atoms with van der Waals surface area (Å²) in [5, 5.41) is 3.52. The van der Waals surface area contributed by atoms with Crippen molar-refractivity contribution in [3.05, 3.63) is 0 Å². The molecule has 0 aromatic heterocycles. The molecule has 3 saturated heterocycles. The summed E-state index contributed by atoms with van der Waals surface area (Å²) in [6.45, 7) is 11.4. The third-order valence-corrected chi connectivity index (χ3v) is 6.04. The van der Waals surface area contributed by atoms with Crippen LogP contribution in [0.2, 0.25) is 0 Å². The largest absolute Gasteiger partial charge is 0.317 e. The minimum atomic E-state index is 0.714. The van der Waals surface area contributed by atoms with E-state index in [0.717, 1.165) is 6.04 Å². The van der Waals surface area contributed by atoms with Crippen LogP contribution in [0.3, 0.4) is 0 Å². The van der Waals surface area contributed by atoms with Gasteiger partial charge in [0.25, 0.3) is 0 Å². The predicted octanol–water partition coefficient (Wildman–Crippen LogP) is 1.94. The van der Waals surface area contributed by atoms with Crippen molar-refractivity contribution in [1.29, 1.82) is 0 Å². The van der Waals surface area contributed by atoms with Gasteiger partial charge in [-0.2, -0.15) is 0 Å². The molecule has 110 valence electrons. The lowest BCUT2D eigenvalue weighted by atomic mass is 9.71. The van der Waals surface area contributed by atoms with E-state index in [1.807, 2.05) is 0 Å². The number of likely N-dealkylation sites (tertiary alicyclic amines) is 2. The Labute approximate surface area is 118 Å². The van der Waals surface area contributed by atoms with Gasteiger partial charge in [-0.3, -0.25) is 0 Å². The zero-order valence-corrected chi connectivity index (χ0v) is 12.7. The third-order valence-electron chi connectivity index (χ3n) is 6.04. The van der Waals surface area contributed by atoms with Gasteiger partial charge in [-0.1, -0.05) is 6.92 Å². The van der Waals surface area contributed by atoms with Gasteiger partial charge in [-0.15, -0.1) is 0 Å². The van der Waals surface area contributed by atoms with E-state index in [-0.39, 0.29) is 0 Å². The quantitative estimate of drug-likeness (QED) is 0.823. The highest BCUT2D eigenvalue weighted by molar-refractivity contribution is 4.92. The number of nitrogens with zero attached hydrogens (tertiary/aromatic N) is 2. The fourth-order valence-electron chi connectivity index (χ4n) is 4.42. The third kappa shape index (κ3) is 3.14. The first-order valence-electron chi connectivity index (χ1n) is 8.48. The summed E-state index contributed by atoms with van der Waals surface area (Å²) < 4.78 is 0. The summed E-state index contributed by atoms with van der Waals surface area (Å²) in [6.07, 6.45) is 8.58. The van der Waals surface area contributed by atoms with E-state index in [2.05, 4.69) is 22.0 Å². The normalized spacial score (nSPS) is 30.8. The molecule has 0 aromatic carbocycles. The minimum absolute atomic E-state index is 0.714. The summed E-state index contributed by atoms with van der Waals surface area (Å²) in [7, 11) is 0. The Morgan fingerprint density at radius 3 is 2.16 bits per heavy atom. The van der Waals surface area contributed by atoms with Crippen molar-refractivity contribution in [2.45, 2.75) is 51.5 Å². The second-order valence-corrected chi connectivity index (χ2v) is 6.95. The molecule has 0 saturated carbocycles. The minimum Gasteiger partial charge on any atom is -0.317 e. The van der Waals surface area contributed by atoms with Crippen molar-refractivity contribution in [3.8, 4) is 0 Å². The summed E-state index contributed by atoms with van der Waals surface area (Å²) >= 11 is 0. The first kappa shape index (κ1) is 13.8. The Hall–Kier alpha value is -0.120. The summed E-state index contributed by atoms with van der Waals surface area (Å²) in [5.74, 6) is 0. The van der Waals surface area contributed by atoms with Crippen LogP contribution in [0.25, 0.3) is 0 Å². The van der Waals surface area contributed by atoms with Crippen molar-refractivity contribution < 1.29 is 0 Å². The van der Waals surface area contributed by atoms with Crippen LogP contribution in [-0.4, -0.2) is 61.7 Å². The molecule has 0 atom stereocenters. The lowest BCUT2D eigenvalue weighted by molar-refractivity contribution is 0.0290. The van der Waals surface area contributed by atoms with Gasteiger partial charge in [-0.25, -0.2) is 0 Å². The molecule has 1 N–H and O–H groups in total. The standard InChI is InChI=1S/C16H31N3/c1-2-18-11-3-15(4-12-18)19-13-7-16(8-14-19)5-9-17-10-6-16/h15,17H,2-14H2,1H3. The monoisotopic (exact) mass is 265 g/mol. The Morgan fingerprint density at radius 2 is 1.58 bits per heavy atom. The van der Waals surface area contributed by atoms with Crippen LogP contribution >= 0.6 is 0 Å². The summed E-state index contributed by atoms with van der Waals surface area (Å²) in [4.78, 5) is 5.43. The van der Waals surface area contributed by atoms with Crippen molar-refractivity contribution in [3.63, 3.8) is 0 Å². The smallest absolute Gasteiger partial charge is 0.0120 e. The number of hydrogen-bond donors (Lipinski definition) is 1. The van der Waals surface area contributed by atoms with E-state index >= 15 is 0 Å². The lowest BCUT2D eigenvalue weighted by Crippen LogP contribution is -2.51. The molecular weight excluding hydrogens is 234 g/mol. The molecule has 0 unspecified atom stereocenters. The maximum Gasteiger partial charge on any atom is 0.0120 e. The number of rotatable bonds is 2. The van der Waals surface area contributed by atoms with E-state index in [0.29, 0.717) is 5.41 Å². The van der Waals surface area contributed by atoms with Crippen LogP contribution in [0.1, 0.15) is 45.4 Å². The molecule has 3 aliphatic heterocycles. The molecule has 1 spiro atoms. The lowest BCUT2D eigenvalue weighted by Gasteiger charge is -2.48. The molecule has 3 heterocycles. The molecule has 0 aliphatic carbocycles. The molecule has 0 bridgehead atoms. The molecule has 3 heteroatoms. The maximum atomic E-state index is 3.52. The average Bonchev–Trinajstić information content (AvgIpc) is 2.49. The highest BCUT2D eigenvalue weighted by Crippen LogP contribution is 2.40. The fourth-order valence-corrected chi connectivity index (χ4v) is 4.42. The Balaban J connectivity index is 1.47. The van der Waals surface area contributed by atoms with Gasteiger partial charge in [-0.05, 0) is 89.8 Å². The molecule has 19 heavy (non-hydrogen) atoms. The Morgan fingerprint density at radius 1 is 0.947 bits per heavy atom. The first-order chi connectivity index (χ1) is 9.31. The second kappa shape index (κ2) is 6.11. The molecule has 0 aromatic rings. The number of nitrogens with one attached hydrogen (secondary N) is 1. The molecule has 3 aliphatic rings. The van der Waals surface area contributed by atoms with E-state index in [4.69, 9.17) is 0 Å². The van der Waals surface area contributed by atoms with Crippen LogP contribution in [0.5, 0.6) is 0 Å². The van der Waals surface area contributed by atoms with Crippen molar-refractivity contribution in [2.24, 2.45) is 5.41 Å². The van der Waals surface area contributed by atoms with E-state index < -0.39 is 0 Å². The SMILES string of the molecule is CCN1CCC(N2CCC3(CCNCC3)CC2)CC1. The van der Waals surface area contributed by atoms with Crippen LogP contribution in [0, 0.1) is 5.41 Å². The van der Waals surface area contributed by atoms with Gasteiger partial charge < -0.3 is 15.1 Å². The van der Waals surface area contributed by atoms with E-state index in [1.165, 1.54) is 84.3 Å². The van der Waals surface area contributed by atoms with Crippen LogP contribution in [0.4, 0.5) is 0 Å². The van der Waals surface area contributed by atoms with Crippen LogP contribution in [0.15, 0.2) is 0 Å². The zero-order chi connectivity index (χ0) is 13.1. The molecule has 3 fully saturated rings. The van der Waals surface area contributed by atoms with Crippen molar-refractivity contribution >= 4 is 0 Å². The zero-order valence-electron chi connectivity index (χ0n) is 12.7. The molecule has 3 rings (SSSR count). The highest BCUT2D eigenvalue weighted by Gasteiger charge is 2.37. The molecule has 0 radical (unpaired) electrons. The van der Waals surface area contributed by atoms with Gasteiger partial charge >= 0.3 is 0 Å². The fraction of sp³-hybridized carbons (Fsp3) is 1.00. The topological polar surface area (TPSA) is 18.5 Å².